The fourth-order valence-corrected chi connectivity index (χ4v) is 0.678. The van der Waals surface area contributed by atoms with Crippen LogP contribution >= 0.6 is 0 Å². The van der Waals surface area contributed by atoms with Crippen LogP contribution in [0.3, 0.4) is 0 Å². The number of nitrogens with zero attached hydrogens (tertiary/aromatic N) is 1. The summed E-state index contributed by atoms with van der Waals surface area (Å²) < 4.78 is 12.3. The van der Waals surface area contributed by atoms with Crippen LogP contribution in [-0.4, -0.2) is 16.1 Å². The highest BCUT2D eigenvalue weighted by molar-refractivity contribution is 6.14. The lowest BCUT2D eigenvalue weighted by molar-refractivity contribution is -0.130. The van der Waals surface area contributed by atoms with E-state index in [2.05, 4.69) is 11.6 Å². The Hall–Kier alpha value is -1.71. The van der Waals surface area contributed by atoms with Gasteiger partial charge in [-0.1, -0.05) is 6.58 Å². The molecule has 1 rings (SSSR count). The third-order valence-electron chi connectivity index (χ3n) is 1.33. The van der Waals surface area contributed by atoms with E-state index in [4.69, 9.17) is 5.11 Å². The summed E-state index contributed by atoms with van der Waals surface area (Å²) in [6.07, 6.45) is 1.13. The lowest BCUT2D eigenvalue weighted by atomic mass is 10.1. The molecule has 4 heteroatoms. The summed E-state index contributed by atoms with van der Waals surface area (Å²) in [5.74, 6) is -1.78. The van der Waals surface area contributed by atoms with Gasteiger partial charge in [0.15, 0.2) is 0 Å². The van der Waals surface area contributed by atoms with E-state index in [0.717, 1.165) is 12.3 Å². The molecule has 0 atom stereocenters. The SMILES string of the molecule is C=C(C(=O)O)c1ccc(F)nc1. The number of carboxylic acids is 1. The molecule has 1 N–H and O–H groups in total. The quantitative estimate of drug-likeness (QED) is 0.533. The largest absolute Gasteiger partial charge is 0.478 e. The van der Waals surface area contributed by atoms with E-state index in [9.17, 15) is 9.18 Å². The Morgan fingerprint density at radius 2 is 2.25 bits per heavy atom. The summed E-state index contributed by atoms with van der Waals surface area (Å²) in [5.41, 5.74) is 0.214. The molecule has 1 aromatic rings. The zero-order chi connectivity index (χ0) is 9.14. The minimum absolute atomic E-state index is 0.0949. The maximum atomic E-state index is 12.3. The number of carboxylic acid groups (broad SMARTS) is 1. The molecule has 0 saturated heterocycles. The van der Waals surface area contributed by atoms with Gasteiger partial charge in [0.2, 0.25) is 5.95 Å². The lowest BCUT2D eigenvalue weighted by Crippen LogP contribution is -1.98. The van der Waals surface area contributed by atoms with Crippen LogP contribution in [0, 0.1) is 5.95 Å². The Balaban J connectivity index is 2.98. The average molecular weight is 167 g/mol. The van der Waals surface area contributed by atoms with Crippen molar-refractivity contribution < 1.29 is 14.3 Å². The first-order chi connectivity index (χ1) is 5.61. The topological polar surface area (TPSA) is 50.2 Å². The summed E-state index contributed by atoms with van der Waals surface area (Å²) in [4.78, 5) is 13.7. The molecule has 0 saturated carbocycles. The van der Waals surface area contributed by atoms with Crippen LogP contribution in [0.5, 0.6) is 0 Å². The first-order valence-corrected chi connectivity index (χ1v) is 3.15. The fraction of sp³-hybridized carbons (Fsp3) is 0. The van der Waals surface area contributed by atoms with Crippen LogP contribution in [0.15, 0.2) is 24.9 Å². The smallest absolute Gasteiger partial charge is 0.335 e. The summed E-state index contributed by atoms with van der Waals surface area (Å²) >= 11 is 0. The molecule has 0 aliphatic rings. The van der Waals surface area contributed by atoms with Crippen LogP contribution in [0.1, 0.15) is 5.56 Å². The highest BCUT2D eigenvalue weighted by atomic mass is 19.1. The molecule has 0 aliphatic carbocycles. The van der Waals surface area contributed by atoms with Crippen molar-refractivity contribution in [1.29, 1.82) is 0 Å². The molecule has 1 aromatic heterocycles. The number of hydrogen-bond donors (Lipinski definition) is 1. The Morgan fingerprint density at radius 3 is 2.67 bits per heavy atom. The predicted octanol–water partition coefficient (Wildman–Crippen LogP) is 1.32. The molecule has 1 heterocycles. The third kappa shape index (κ3) is 1.66. The number of carbonyl (C=O) groups is 1. The van der Waals surface area contributed by atoms with Gasteiger partial charge in [-0.25, -0.2) is 9.78 Å². The molecule has 0 amide bonds. The van der Waals surface area contributed by atoms with Gasteiger partial charge in [-0.15, -0.1) is 0 Å². The van der Waals surface area contributed by atoms with E-state index in [1.807, 2.05) is 0 Å². The van der Waals surface area contributed by atoms with Crippen molar-refractivity contribution in [2.75, 3.05) is 0 Å². The predicted molar refractivity (Wildman–Crippen MR) is 40.9 cm³/mol. The Labute approximate surface area is 68.2 Å². The van der Waals surface area contributed by atoms with Gasteiger partial charge in [0.05, 0.1) is 5.57 Å². The van der Waals surface area contributed by atoms with E-state index in [1.165, 1.54) is 6.07 Å². The molecular weight excluding hydrogens is 161 g/mol. The number of rotatable bonds is 2. The molecule has 0 unspecified atom stereocenters. The van der Waals surface area contributed by atoms with Crippen LogP contribution in [0.25, 0.3) is 5.57 Å². The van der Waals surface area contributed by atoms with Gasteiger partial charge in [-0.3, -0.25) is 0 Å². The molecule has 0 bridgehead atoms. The zero-order valence-corrected chi connectivity index (χ0v) is 6.12. The van der Waals surface area contributed by atoms with Crippen LogP contribution in [-0.2, 0) is 4.79 Å². The van der Waals surface area contributed by atoms with Gasteiger partial charge in [-0.2, -0.15) is 4.39 Å². The zero-order valence-electron chi connectivity index (χ0n) is 6.12. The second-order valence-corrected chi connectivity index (χ2v) is 2.15. The van der Waals surface area contributed by atoms with Crippen molar-refractivity contribution in [3.05, 3.63) is 36.4 Å². The second-order valence-electron chi connectivity index (χ2n) is 2.15. The van der Waals surface area contributed by atoms with E-state index < -0.39 is 11.9 Å². The minimum Gasteiger partial charge on any atom is -0.478 e. The molecule has 0 radical (unpaired) electrons. The van der Waals surface area contributed by atoms with Gasteiger partial charge < -0.3 is 5.11 Å². The normalized spacial score (nSPS) is 9.42. The molecule has 12 heavy (non-hydrogen) atoms. The summed E-state index contributed by atoms with van der Waals surface area (Å²) in [6, 6.07) is 2.40. The molecular formula is C8H6FNO2. The van der Waals surface area contributed by atoms with Crippen molar-refractivity contribution in [2.24, 2.45) is 0 Å². The van der Waals surface area contributed by atoms with Gasteiger partial charge in [0.25, 0.3) is 0 Å². The molecule has 3 nitrogen and oxygen atoms in total. The van der Waals surface area contributed by atoms with Gasteiger partial charge in [-0.05, 0) is 12.1 Å². The Kier molecular flexibility index (Phi) is 2.19. The van der Waals surface area contributed by atoms with E-state index in [1.54, 1.807) is 0 Å². The van der Waals surface area contributed by atoms with Crippen LogP contribution in [0.4, 0.5) is 4.39 Å². The number of halogens is 1. The van der Waals surface area contributed by atoms with Gasteiger partial charge in [0, 0.05) is 11.8 Å². The standard InChI is InChI=1S/C8H6FNO2/c1-5(8(11)12)6-2-3-7(9)10-4-6/h2-4H,1H2,(H,11,12). The number of pyridine rings is 1. The molecule has 0 aromatic carbocycles. The van der Waals surface area contributed by atoms with E-state index >= 15 is 0 Å². The molecule has 0 aliphatic heterocycles. The highest BCUT2D eigenvalue weighted by Crippen LogP contribution is 2.10. The molecule has 62 valence electrons. The average Bonchev–Trinajstić information content (AvgIpc) is 2.04. The van der Waals surface area contributed by atoms with Gasteiger partial charge in [0.1, 0.15) is 0 Å². The number of aromatic nitrogens is 1. The lowest BCUT2D eigenvalue weighted by Gasteiger charge is -1.97. The third-order valence-corrected chi connectivity index (χ3v) is 1.33. The Morgan fingerprint density at radius 1 is 1.58 bits per heavy atom. The van der Waals surface area contributed by atoms with E-state index in [0.29, 0.717) is 5.56 Å². The van der Waals surface area contributed by atoms with E-state index in [-0.39, 0.29) is 5.57 Å². The monoisotopic (exact) mass is 167 g/mol. The fourth-order valence-electron chi connectivity index (χ4n) is 0.678. The summed E-state index contributed by atoms with van der Waals surface area (Å²) in [7, 11) is 0. The maximum absolute atomic E-state index is 12.3. The first kappa shape index (κ1) is 8.39. The molecule has 0 fully saturated rings. The van der Waals surface area contributed by atoms with Crippen molar-refractivity contribution in [3.8, 4) is 0 Å². The molecule has 0 spiro atoms. The number of aliphatic carboxylic acids is 1. The van der Waals surface area contributed by atoms with Gasteiger partial charge >= 0.3 is 5.97 Å². The van der Waals surface area contributed by atoms with Crippen molar-refractivity contribution in [2.45, 2.75) is 0 Å². The van der Waals surface area contributed by atoms with Crippen molar-refractivity contribution in [1.82, 2.24) is 4.98 Å². The van der Waals surface area contributed by atoms with Crippen LogP contribution < -0.4 is 0 Å². The number of hydrogen-bond acceptors (Lipinski definition) is 2. The summed E-state index contributed by atoms with van der Waals surface area (Å²) in [6.45, 7) is 3.29. The minimum atomic E-state index is -1.14. The highest BCUT2D eigenvalue weighted by Gasteiger charge is 2.06. The van der Waals surface area contributed by atoms with Crippen LogP contribution in [0.2, 0.25) is 0 Å². The van der Waals surface area contributed by atoms with Crippen molar-refractivity contribution >= 4 is 11.5 Å². The summed E-state index contributed by atoms with van der Waals surface area (Å²) in [5, 5.41) is 8.48. The second kappa shape index (κ2) is 3.13. The van der Waals surface area contributed by atoms with Crippen molar-refractivity contribution in [3.63, 3.8) is 0 Å². The first-order valence-electron chi connectivity index (χ1n) is 3.15. The Bertz CT molecular complexity index is 318. The maximum Gasteiger partial charge on any atom is 0.335 e.